The fraction of sp³-hybridized carbons (Fsp3) is 0.235. The van der Waals surface area contributed by atoms with Crippen LogP contribution in [0.4, 0.5) is 0 Å². The van der Waals surface area contributed by atoms with E-state index in [4.69, 9.17) is 16.1 Å². The van der Waals surface area contributed by atoms with Crippen LogP contribution in [0.1, 0.15) is 39.6 Å². The highest BCUT2D eigenvalue weighted by atomic mass is 35.5. The van der Waals surface area contributed by atoms with Crippen molar-refractivity contribution >= 4 is 38.8 Å². The van der Waals surface area contributed by atoms with E-state index in [9.17, 15) is 13.2 Å². The zero-order valence-corrected chi connectivity index (χ0v) is 16.0. The predicted molar refractivity (Wildman–Crippen MR) is 97.6 cm³/mol. The van der Waals surface area contributed by atoms with Crippen molar-refractivity contribution in [2.24, 2.45) is 0 Å². The second-order valence-corrected chi connectivity index (χ2v) is 9.36. The van der Waals surface area contributed by atoms with E-state index >= 15 is 0 Å². The second-order valence-electron chi connectivity index (χ2n) is 6.16. The lowest BCUT2D eigenvalue weighted by atomic mass is 10.00. The number of nitrogens with zero attached hydrogens (tertiary/aromatic N) is 2. The Bertz CT molecular complexity index is 1100. The Morgan fingerprint density at radius 3 is 2.65 bits per heavy atom. The van der Waals surface area contributed by atoms with E-state index < -0.39 is 9.84 Å². The van der Waals surface area contributed by atoms with Crippen molar-refractivity contribution in [3.63, 3.8) is 0 Å². The van der Waals surface area contributed by atoms with Gasteiger partial charge in [-0.2, -0.15) is 0 Å². The van der Waals surface area contributed by atoms with Gasteiger partial charge in [0.05, 0.1) is 21.7 Å². The molecular formula is C17H13ClN2O4S2. The number of sulfone groups is 1. The molecule has 0 atom stereocenters. The molecule has 0 radical (unpaired) electrons. The minimum Gasteiger partial charge on any atom is -0.364 e. The summed E-state index contributed by atoms with van der Waals surface area (Å²) in [5.41, 5.74) is 1.18. The largest absolute Gasteiger partial charge is 0.364 e. The molecule has 0 unspecified atom stereocenters. The van der Waals surface area contributed by atoms with Crippen LogP contribution in [0.2, 0.25) is 5.02 Å². The second kappa shape index (κ2) is 6.29. The van der Waals surface area contributed by atoms with Crippen LogP contribution in [0.5, 0.6) is 0 Å². The number of carbonyl (C=O) groups is 1. The van der Waals surface area contributed by atoms with Crippen LogP contribution in [-0.2, 0) is 9.84 Å². The zero-order chi connectivity index (χ0) is 18.5. The van der Waals surface area contributed by atoms with Crippen LogP contribution in [0.25, 0.3) is 11.3 Å². The minimum absolute atomic E-state index is 0.00110. The van der Waals surface area contributed by atoms with Gasteiger partial charge in [-0.25, -0.2) is 12.8 Å². The topological polar surface area (TPSA) is 90.1 Å². The summed E-state index contributed by atoms with van der Waals surface area (Å²) in [6.45, 7) is 0. The molecule has 0 N–H and O–H groups in total. The van der Waals surface area contributed by atoms with Crippen molar-refractivity contribution in [3.8, 4) is 11.3 Å². The molecule has 2 aromatic heterocycles. The number of ketones is 1. The average molecular weight is 409 g/mol. The molecule has 1 aromatic carbocycles. The fourth-order valence-corrected chi connectivity index (χ4v) is 5.02. The number of hydrogen-bond donors (Lipinski definition) is 0. The van der Waals surface area contributed by atoms with E-state index in [2.05, 4.69) is 9.53 Å². The Morgan fingerprint density at radius 2 is 2.04 bits per heavy atom. The van der Waals surface area contributed by atoms with Crippen LogP contribution in [0.3, 0.4) is 0 Å². The highest BCUT2D eigenvalue weighted by molar-refractivity contribution is 7.90. The SMILES string of the molecule is CS(=O)(=O)c1ccc(C(=O)c2cnsc2C2CC2)c(Cl)c1-c1ccon1. The molecule has 0 aliphatic heterocycles. The van der Waals surface area contributed by atoms with E-state index in [-0.39, 0.29) is 32.5 Å². The van der Waals surface area contributed by atoms with Gasteiger partial charge in [0.1, 0.15) is 12.0 Å². The summed E-state index contributed by atoms with van der Waals surface area (Å²) < 4.78 is 33.3. The van der Waals surface area contributed by atoms with E-state index in [0.717, 1.165) is 24.0 Å². The monoisotopic (exact) mass is 408 g/mol. The number of benzene rings is 1. The maximum Gasteiger partial charge on any atom is 0.197 e. The summed E-state index contributed by atoms with van der Waals surface area (Å²) in [5.74, 6) is 0.112. The molecule has 134 valence electrons. The van der Waals surface area contributed by atoms with Gasteiger partial charge in [0, 0.05) is 28.3 Å². The first kappa shape index (κ1) is 17.4. The number of halogens is 1. The summed E-state index contributed by atoms with van der Waals surface area (Å²) in [5, 5.41) is 3.84. The third kappa shape index (κ3) is 2.98. The Kier molecular flexibility index (Phi) is 4.21. The van der Waals surface area contributed by atoms with Gasteiger partial charge in [-0.05, 0) is 42.4 Å². The molecule has 1 fully saturated rings. The molecule has 9 heteroatoms. The highest BCUT2D eigenvalue weighted by Crippen LogP contribution is 2.45. The summed E-state index contributed by atoms with van der Waals surface area (Å²) in [4.78, 5) is 14.0. The molecule has 1 saturated carbocycles. The molecular weight excluding hydrogens is 396 g/mol. The third-order valence-corrected chi connectivity index (χ3v) is 6.73. The molecule has 26 heavy (non-hydrogen) atoms. The maximum absolute atomic E-state index is 13.1. The summed E-state index contributed by atoms with van der Waals surface area (Å²) in [7, 11) is -3.58. The molecule has 4 rings (SSSR count). The third-order valence-electron chi connectivity index (χ3n) is 4.23. The normalized spacial score (nSPS) is 14.5. The van der Waals surface area contributed by atoms with Gasteiger partial charge < -0.3 is 4.52 Å². The molecule has 3 aromatic rings. The Balaban J connectivity index is 1.89. The van der Waals surface area contributed by atoms with Gasteiger partial charge >= 0.3 is 0 Å². The number of aromatic nitrogens is 2. The van der Waals surface area contributed by atoms with E-state index in [0.29, 0.717) is 11.5 Å². The summed E-state index contributed by atoms with van der Waals surface area (Å²) >= 11 is 7.81. The van der Waals surface area contributed by atoms with E-state index in [1.54, 1.807) is 6.20 Å². The molecule has 2 heterocycles. The quantitative estimate of drug-likeness (QED) is 0.593. The van der Waals surface area contributed by atoms with Crippen molar-refractivity contribution in [1.82, 2.24) is 9.53 Å². The van der Waals surface area contributed by atoms with Gasteiger partial charge in [-0.3, -0.25) is 4.79 Å². The van der Waals surface area contributed by atoms with E-state index in [1.807, 2.05) is 0 Å². The Labute approximate surface area is 158 Å². The minimum atomic E-state index is -3.58. The van der Waals surface area contributed by atoms with Crippen LogP contribution >= 0.6 is 23.1 Å². The molecule has 1 aliphatic rings. The summed E-state index contributed by atoms with van der Waals surface area (Å²) in [6.07, 6.45) is 6.05. The van der Waals surface area contributed by atoms with Gasteiger partial charge in [-0.15, -0.1) is 0 Å². The summed E-state index contributed by atoms with van der Waals surface area (Å²) in [6, 6.07) is 4.33. The van der Waals surface area contributed by atoms with Gasteiger partial charge in [-0.1, -0.05) is 16.8 Å². The van der Waals surface area contributed by atoms with Gasteiger partial charge in [0.25, 0.3) is 0 Å². The first-order valence-corrected chi connectivity index (χ1v) is 10.8. The van der Waals surface area contributed by atoms with Gasteiger partial charge in [0.15, 0.2) is 15.6 Å². The number of hydrogen-bond acceptors (Lipinski definition) is 7. The maximum atomic E-state index is 13.1. The van der Waals surface area contributed by atoms with Crippen LogP contribution in [0, 0.1) is 0 Å². The predicted octanol–water partition coefficient (Wildman–Crippen LogP) is 3.96. The van der Waals surface area contributed by atoms with Crippen molar-refractivity contribution in [1.29, 1.82) is 0 Å². The first-order valence-electron chi connectivity index (χ1n) is 7.80. The molecule has 0 bridgehead atoms. The number of carbonyl (C=O) groups excluding carboxylic acids is 1. The lowest BCUT2D eigenvalue weighted by Gasteiger charge is -2.12. The van der Waals surface area contributed by atoms with Crippen molar-refractivity contribution in [3.05, 3.63) is 51.7 Å². The van der Waals surface area contributed by atoms with Gasteiger partial charge in [0.2, 0.25) is 0 Å². The zero-order valence-electron chi connectivity index (χ0n) is 13.6. The smallest absolute Gasteiger partial charge is 0.197 e. The molecule has 1 aliphatic carbocycles. The molecule has 0 amide bonds. The molecule has 0 spiro atoms. The lowest BCUT2D eigenvalue weighted by Crippen LogP contribution is -2.07. The average Bonchev–Trinajstić information content (AvgIpc) is 3.10. The van der Waals surface area contributed by atoms with Crippen LogP contribution < -0.4 is 0 Å². The first-order chi connectivity index (χ1) is 12.4. The molecule has 6 nitrogen and oxygen atoms in total. The Morgan fingerprint density at radius 1 is 1.27 bits per heavy atom. The van der Waals surface area contributed by atoms with E-state index in [1.165, 1.54) is 36.0 Å². The lowest BCUT2D eigenvalue weighted by molar-refractivity contribution is 0.103. The standard InChI is InChI=1S/C17H13ClN2O4S2/c1-26(22,23)13-5-4-10(15(18)14(13)12-6-7-24-20-12)16(21)11-8-19-25-17(11)9-2-3-9/h4-9H,2-3H2,1H3. The van der Waals surface area contributed by atoms with Crippen LogP contribution in [0.15, 0.2) is 40.1 Å². The Hall–Kier alpha value is -2.03. The van der Waals surface area contributed by atoms with Crippen molar-refractivity contribution in [2.75, 3.05) is 6.26 Å². The number of rotatable bonds is 5. The fourth-order valence-electron chi connectivity index (χ4n) is 2.83. The highest BCUT2D eigenvalue weighted by Gasteiger charge is 2.32. The van der Waals surface area contributed by atoms with Crippen molar-refractivity contribution < 1.29 is 17.7 Å². The van der Waals surface area contributed by atoms with Crippen molar-refractivity contribution in [2.45, 2.75) is 23.7 Å². The molecule has 0 saturated heterocycles. The van der Waals surface area contributed by atoms with Crippen LogP contribution in [-0.4, -0.2) is 30.0 Å².